The Kier molecular flexibility index (Phi) is 1.55. The number of H-pyrrole nitrogens is 1. The molecule has 1 aromatic heterocycles. The van der Waals surface area contributed by atoms with E-state index in [1.165, 1.54) is 0 Å². The number of benzene rings is 1. The Balaban J connectivity index is 2.80. The molecule has 0 atom stereocenters. The second-order valence-electron chi connectivity index (χ2n) is 2.87. The molecular formula is C9H8N2O2. The van der Waals surface area contributed by atoms with Crippen LogP contribution in [0.4, 0.5) is 0 Å². The lowest BCUT2D eigenvalue weighted by Gasteiger charge is -2.00. The number of hydrogen-bond acceptors (Lipinski definition) is 2. The number of aryl methyl sites for hydroxylation is 1. The molecule has 0 aliphatic carbocycles. The first-order valence-corrected chi connectivity index (χ1v) is 3.86. The molecule has 0 spiro atoms. The van der Waals surface area contributed by atoms with Crippen LogP contribution in [0, 0.1) is 6.92 Å². The number of aromatic carboxylic acids is 1. The van der Waals surface area contributed by atoms with Gasteiger partial charge in [0.1, 0.15) is 0 Å². The van der Waals surface area contributed by atoms with E-state index < -0.39 is 5.97 Å². The van der Waals surface area contributed by atoms with Crippen molar-refractivity contribution in [2.24, 2.45) is 0 Å². The lowest BCUT2D eigenvalue weighted by atomic mass is 10.1. The Bertz CT molecular complexity index is 473. The molecule has 4 nitrogen and oxygen atoms in total. The van der Waals surface area contributed by atoms with Gasteiger partial charge in [0.05, 0.1) is 17.3 Å². The van der Waals surface area contributed by atoms with Gasteiger partial charge in [0, 0.05) is 5.39 Å². The maximum atomic E-state index is 10.8. The van der Waals surface area contributed by atoms with Gasteiger partial charge in [0.2, 0.25) is 0 Å². The highest BCUT2D eigenvalue weighted by Gasteiger charge is 2.09. The third-order valence-corrected chi connectivity index (χ3v) is 2.12. The molecule has 13 heavy (non-hydrogen) atoms. The number of carbonyl (C=O) groups is 1. The fraction of sp³-hybridized carbons (Fsp3) is 0.111. The fourth-order valence-corrected chi connectivity index (χ4v) is 1.39. The number of aromatic amines is 1. The van der Waals surface area contributed by atoms with E-state index in [9.17, 15) is 4.79 Å². The third-order valence-electron chi connectivity index (χ3n) is 2.12. The van der Waals surface area contributed by atoms with Gasteiger partial charge >= 0.3 is 5.97 Å². The van der Waals surface area contributed by atoms with Crippen molar-refractivity contribution in [1.82, 2.24) is 10.2 Å². The number of nitrogens with one attached hydrogen (secondary N) is 1. The number of fused-ring (bicyclic) bond motifs is 1. The number of carboxylic acid groups (broad SMARTS) is 1. The standard InChI is InChI=1S/C9H8N2O2/c1-5-6(9(12)13)2-3-8-7(5)4-10-11-8/h2-4H,1H3,(H,10,11)(H,12,13). The summed E-state index contributed by atoms with van der Waals surface area (Å²) in [6, 6.07) is 3.30. The summed E-state index contributed by atoms with van der Waals surface area (Å²) in [5.41, 5.74) is 1.94. The van der Waals surface area contributed by atoms with E-state index in [0.717, 1.165) is 16.5 Å². The highest BCUT2D eigenvalue weighted by molar-refractivity contribution is 5.96. The van der Waals surface area contributed by atoms with Crippen molar-refractivity contribution >= 4 is 16.9 Å². The Morgan fingerprint density at radius 1 is 1.54 bits per heavy atom. The maximum absolute atomic E-state index is 10.8. The Morgan fingerprint density at radius 2 is 2.31 bits per heavy atom. The molecule has 66 valence electrons. The summed E-state index contributed by atoms with van der Waals surface area (Å²) in [7, 11) is 0. The van der Waals surface area contributed by atoms with Crippen molar-refractivity contribution in [3.05, 3.63) is 29.5 Å². The summed E-state index contributed by atoms with van der Waals surface area (Å²) in [6.45, 7) is 1.78. The predicted octanol–water partition coefficient (Wildman–Crippen LogP) is 1.57. The first-order chi connectivity index (χ1) is 6.20. The largest absolute Gasteiger partial charge is 0.478 e. The lowest BCUT2D eigenvalue weighted by Crippen LogP contribution is -1.99. The second kappa shape index (κ2) is 2.58. The average Bonchev–Trinajstić information content (AvgIpc) is 2.52. The van der Waals surface area contributed by atoms with Gasteiger partial charge in [0.15, 0.2) is 0 Å². The van der Waals surface area contributed by atoms with Crippen LogP contribution in [0.25, 0.3) is 10.9 Å². The van der Waals surface area contributed by atoms with Gasteiger partial charge in [0.25, 0.3) is 0 Å². The van der Waals surface area contributed by atoms with E-state index in [1.54, 1.807) is 25.3 Å². The summed E-state index contributed by atoms with van der Waals surface area (Å²) < 4.78 is 0. The van der Waals surface area contributed by atoms with Crippen LogP contribution in [-0.4, -0.2) is 21.3 Å². The molecule has 4 heteroatoms. The van der Waals surface area contributed by atoms with Crippen LogP contribution in [0.2, 0.25) is 0 Å². The fourth-order valence-electron chi connectivity index (χ4n) is 1.39. The summed E-state index contributed by atoms with van der Waals surface area (Å²) in [5, 5.41) is 16.3. The number of rotatable bonds is 1. The number of aromatic nitrogens is 2. The molecule has 1 heterocycles. The summed E-state index contributed by atoms with van der Waals surface area (Å²) in [6.07, 6.45) is 1.64. The van der Waals surface area contributed by atoms with E-state index in [-0.39, 0.29) is 0 Å². The van der Waals surface area contributed by atoms with Crippen LogP contribution in [-0.2, 0) is 0 Å². The number of hydrogen-bond donors (Lipinski definition) is 2. The van der Waals surface area contributed by atoms with Crippen LogP contribution < -0.4 is 0 Å². The molecule has 0 unspecified atom stereocenters. The van der Waals surface area contributed by atoms with Crippen LogP contribution in [0.1, 0.15) is 15.9 Å². The Labute approximate surface area is 74.2 Å². The second-order valence-corrected chi connectivity index (χ2v) is 2.87. The first-order valence-electron chi connectivity index (χ1n) is 3.86. The average molecular weight is 176 g/mol. The lowest BCUT2D eigenvalue weighted by molar-refractivity contribution is 0.0696. The normalized spacial score (nSPS) is 10.5. The van der Waals surface area contributed by atoms with E-state index in [0.29, 0.717) is 5.56 Å². The summed E-state index contributed by atoms with van der Waals surface area (Å²) >= 11 is 0. The zero-order valence-electron chi connectivity index (χ0n) is 7.03. The minimum Gasteiger partial charge on any atom is -0.478 e. The molecule has 2 aromatic rings. The molecule has 2 rings (SSSR count). The van der Waals surface area contributed by atoms with E-state index in [4.69, 9.17) is 5.11 Å². The van der Waals surface area contributed by atoms with E-state index >= 15 is 0 Å². The van der Waals surface area contributed by atoms with Crippen molar-refractivity contribution < 1.29 is 9.90 Å². The zero-order valence-corrected chi connectivity index (χ0v) is 7.03. The van der Waals surface area contributed by atoms with Crippen molar-refractivity contribution in [3.8, 4) is 0 Å². The van der Waals surface area contributed by atoms with E-state index in [2.05, 4.69) is 10.2 Å². The molecule has 0 aliphatic heterocycles. The molecule has 2 N–H and O–H groups in total. The molecule has 0 bridgehead atoms. The van der Waals surface area contributed by atoms with Gasteiger partial charge in [-0.25, -0.2) is 4.79 Å². The quantitative estimate of drug-likeness (QED) is 0.693. The Hall–Kier alpha value is -1.84. The molecule has 0 saturated heterocycles. The molecule has 0 saturated carbocycles. The summed E-state index contributed by atoms with van der Waals surface area (Å²) in [4.78, 5) is 10.8. The predicted molar refractivity (Wildman–Crippen MR) is 47.8 cm³/mol. The molecule has 0 amide bonds. The van der Waals surface area contributed by atoms with Gasteiger partial charge in [-0.2, -0.15) is 5.10 Å². The van der Waals surface area contributed by atoms with Crippen LogP contribution in [0.15, 0.2) is 18.3 Å². The monoisotopic (exact) mass is 176 g/mol. The smallest absolute Gasteiger partial charge is 0.335 e. The van der Waals surface area contributed by atoms with E-state index in [1.807, 2.05) is 0 Å². The SMILES string of the molecule is Cc1c(C(=O)O)ccc2[nH]ncc12. The highest BCUT2D eigenvalue weighted by atomic mass is 16.4. The van der Waals surface area contributed by atoms with Crippen molar-refractivity contribution in [2.75, 3.05) is 0 Å². The molecule has 0 aliphatic rings. The highest BCUT2D eigenvalue weighted by Crippen LogP contribution is 2.19. The topological polar surface area (TPSA) is 66.0 Å². The molecule has 0 radical (unpaired) electrons. The molecule has 0 fully saturated rings. The molecular weight excluding hydrogens is 168 g/mol. The number of nitrogens with zero attached hydrogens (tertiary/aromatic N) is 1. The van der Waals surface area contributed by atoms with Crippen molar-refractivity contribution in [3.63, 3.8) is 0 Å². The third kappa shape index (κ3) is 1.07. The minimum absolute atomic E-state index is 0.328. The van der Waals surface area contributed by atoms with Gasteiger partial charge < -0.3 is 5.11 Å². The van der Waals surface area contributed by atoms with Gasteiger partial charge in [-0.3, -0.25) is 5.10 Å². The summed E-state index contributed by atoms with van der Waals surface area (Å²) in [5.74, 6) is -0.902. The van der Waals surface area contributed by atoms with Crippen LogP contribution in [0.3, 0.4) is 0 Å². The van der Waals surface area contributed by atoms with Crippen molar-refractivity contribution in [1.29, 1.82) is 0 Å². The molecule has 1 aromatic carbocycles. The van der Waals surface area contributed by atoms with Crippen molar-refractivity contribution in [2.45, 2.75) is 6.92 Å². The maximum Gasteiger partial charge on any atom is 0.335 e. The van der Waals surface area contributed by atoms with Gasteiger partial charge in [-0.15, -0.1) is 0 Å². The first kappa shape index (κ1) is 7.79. The van der Waals surface area contributed by atoms with Crippen LogP contribution >= 0.6 is 0 Å². The van der Waals surface area contributed by atoms with Gasteiger partial charge in [-0.05, 0) is 24.6 Å². The minimum atomic E-state index is -0.902. The zero-order chi connectivity index (χ0) is 9.42. The van der Waals surface area contributed by atoms with Gasteiger partial charge in [-0.1, -0.05) is 0 Å². The number of carboxylic acids is 1. The Morgan fingerprint density at radius 3 is 3.00 bits per heavy atom. The van der Waals surface area contributed by atoms with Crippen LogP contribution in [0.5, 0.6) is 0 Å².